The molecule has 2 aliphatic rings. The van der Waals surface area contributed by atoms with Crippen LogP contribution in [0.25, 0.3) is 0 Å². The van der Waals surface area contributed by atoms with Crippen LogP contribution in [0.2, 0.25) is 0 Å². The van der Waals surface area contributed by atoms with Gasteiger partial charge in [0.1, 0.15) is 0 Å². The molecule has 0 heterocycles. The molecule has 3 atom stereocenters. The van der Waals surface area contributed by atoms with E-state index in [9.17, 15) is 4.79 Å². The van der Waals surface area contributed by atoms with Crippen LogP contribution in [-0.4, -0.2) is 11.8 Å². The molecule has 90 valence electrons. The Kier molecular flexibility index (Phi) is 3.29. The molecule has 0 spiro atoms. The van der Waals surface area contributed by atoms with Crippen LogP contribution in [0, 0.1) is 11.8 Å². The number of carbonyl (C=O) groups excluding carboxylic acids is 1. The molecule has 0 radical (unpaired) electrons. The molecule has 0 saturated carbocycles. The highest BCUT2D eigenvalue weighted by molar-refractivity contribution is 5.99. The molecule has 17 heavy (non-hydrogen) atoms. The van der Waals surface area contributed by atoms with Gasteiger partial charge in [-0.05, 0) is 18.1 Å². The van der Waals surface area contributed by atoms with Gasteiger partial charge in [0.05, 0.1) is 0 Å². The third kappa shape index (κ3) is 2.39. The first-order chi connectivity index (χ1) is 8.09. The lowest BCUT2D eigenvalue weighted by Crippen LogP contribution is -2.30. The van der Waals surface area contributed by atoms with Crippen molar-refractivity contribution in [2.24, 2.45) is 23.3 Å². The Morgan fingerprint density at radius 3 is 2.71 bits per heavy atom. The average molecular weight is 230 g/mol. The summed E-state index contributed by atoms with van der Waals surface area (Å²) in [6, 6.07) is -0.0466. The third-order valence-electron chi connectivity index (χ3n) is 3.40. The van der Waals surface area contributed by atoms with Crippen molar-refractivity contribution >= 4 is 5.78 Å². The summed E-state index contributed by atoms with van der Waals surface area (Å²) >= 11 is 0. The summed E-state index contributed by atoms with van der Waals surface area (Å²) in [4.78, 5) is 12.4. The smallest absolute Gasteiger partial charge is 0.166 e. The summed E-state index contributed by atoms with van der Waals surface area (Å²) in [5.74, 6) is 0.0603. The van der Waals surface area contributed by atoms with Gasteiger partial charge in [-0.25, -0.2) is 0 Å². The zero-order valence-electron chi connectivity index (χ0n) is 9.97. The van der Waals surface area contributed by atoms with Gasteiger partial charge in [0.2, 0.25) is 0 Å². The zero-order valence-corrected chi connectivity index (χ0v) is 9.97. The molecule has 4 N–H and O–H groups in total. The Morgan fingerprint density at radius 1 is 1.29 bits per heavy atom. The van der Waals surface area contributed by atoms with E-state index in [0.717, 1.165) is 11.3 Å². The third-order valence-corrected chi connectivity index (χ3v) is 3.40. The van der Waals surface area contributed by atoms with Gasteiger partial charge in [0, 0.05) is 23.6 Å². The molecule has 0 aromatic carbocycles. The highest BCUT2D eigenvalue weighted by Gasteiger charge is 2.28. The fourth-order valence-electron chi connectivity index (χ4n) is 2.23. The first kappa shape index (κ1) is 11.9. The van der Waals surface area contributed by atoms with E-state index in [-0.39, 0.29) is 23.7 Å². The molecule has 0 fully saturated rings. The first-order valence-electron chi connectivity index (χ1n) is 5.90. The summed E-state index contributed by atoms with van der Waals surface area (Å²) in [6.45, 7) is 1.98. The SMILES string of the molecule is CC1C(N)=CC=CC1C(=O)C1=CC=CC(N)C1. The van der Waals surface area contributed by atoms with Gasteiger partial charge in [0.25, 0.3) is 0 Å². The molecule has 3 heteroatoms. The van der Waals surface area contributed by atoms with Gasteiger partial charge in [-0.3, -0.25) is 4.79 Å². The maximum atomic E-state index is 12.4. The largest absolute Gasteiger partial charge is 0.402 e. The lowest BCUT2D eigenvalue weighted by molar-refractivity contribution is -0.119. The molecule has 0 bridgehead atoms. The van der Waals surface area contributed by atoms with Crippen molar-refractivity contribution in [1.29, 1.82) is 0 Å². The lowest BCUT2D eigenvalue weighted by Gasteiger charge is -2.25. The topological polar surface area (TPSA) is 69.1 Å². The van der Waals surface area contributed by atoms with Crippen LogP contribution in [0.3, 0.4) is 0 Å². The Labute approximate surface area is 102 Å². The fourth-order valence-corrected chi connectivity index (χ4v) is 2.23. The van der Waals surface area contributed by atoms with Gasteiger partial charge < -0.3 is 11.5 Å². The van der Waals surface area contributed by atoms with Gasteiger partial charge in [-0.15, -0.1) is 0 Å². The van der Waals surface area contributed by atoms with Crippen LogP contribution in [0.5, 0.6) is 0 Å². The predicted molar refractivity (Wildman–Crippen MR) is 68.9 cm³/mol. The number of ketones is 1. The minimum atomic E-state index is -0.148. The molecule has 2 rings (SSSR count). The second-order valence-corrected chi connectivity index (χ2v) is 4.68. The highest BCUT2D eigenvalue weighted by atomic mass is 16.1. The Hall–Kier alpha value is -1.61. The van der Waals surface area contributed by atoms with Gasteiger partial charge in [0.15, 0.2) is 5.78 Å². The Balaban J connectivity index is 2.16. The monoisotopic (exact) mass is 230 g/mol. The minimum Gasteiger partial charge on any atom is -0.402 e. The summed E-state index contributed by atoms with van der Waals surface area (Å²) in [6.07, 6.45) is 11.9. The van der Waals surface area contributed by atoms with E-state index in [1.807, 2.05) is 43.4 Å². The molecule has 3 unspecified atom stereocenters. The van der Waals surface area contributed by atoms with Gasteiger partial charge >= 0.3 is 0 Å². The minimum absolute atomic E-state index is 0.0466. The molecular formula is C14H18N2O. The molecule has 0 aromatic rings. The maximum absolute atomic E-state index is 12.4. The van der Waals surface area contributed by atoms with E-state index in [1.54, 1.807) is 0 Å². The number of allylic oxidation sites excluding steroid dienone is 6. The van der Waals surface area contributed by atoms with E-state index < -0.39 is 0 Å². The number of nitrogens with two attached hydrogens (primary N) is 2. The average Bonchev–Trinajstić information content (AvgIpc) is 2.32. The molecule has 0 saturated heterocycles. The van der Waals surface area contributed by atoms with Crippen LogP contribution < -0.4 is 11.5 Å². The Bertz CT molecular complexity index is 443. The number of carbonyl (C=O) groups is 1. The predicted octanol–water partition coefficient (Wildman–Crippen LogP) is 1.43. The second-order valence-electron chi connectivity index (χ2n) is 4.68. The maximum Gasteiger partial charge on any atom is 0.166 e. The molecular weight excluding hydrogens is 212 g/mol. The summed E-state index contributed by atoms with van der Waals surface area (Å²) < 4.78 is 0. The quantitative estimate of drug-likeness (QED) is 0.754. The summed E-state index contributed by atoms with van der Waals surface area (Å²) in [7, 11) is 0. The van der Waals surface area contributed by atoms with Crippen LogP contribution in [0.1, 0.15) is 13.3 Å². The molecule has 0 amide bonds. The van der Waals surface area contributed by atoms with Crippen molar-refractivity contribution in [1.82, 2.24) is 0 Å². The van der Waals surface area contributed by atoms with Crippen molar-refractivity contribution in [3.05, 3.63) is 47.7 Å². The van der Waals surface area contributed by atoms with E-state index in [0.29, 0.717) is 6.42 Å². The number of rotatable bonds is 2. The first-order valence-corrected chi connectivity index (χ1v) is 5.90. The molecule has 2 aliphatic carbocycles. The van der Waals surface area contributed by atoms with Crippen molar-refractivity contribution in [2.75, 3.05) is 0 Å². The van der Waals surface area contributed by atoms with Crippen LogP contribution in [0.15, 0.2) is 47.7 Å². The zero-order chi connectivity index (χ0) is 12.4. The normalized spacial score (nSPS) is 32.0. The van der Waals surface area contributed by atoms with E-state index >= 15 is 0 Å². The van der Waals surface area contributed by atoms with E-state index in [4.69, 9.17) is 11.5 Å². The van der Waals surface area contributed by atoms with Crippen molar-refractivity contribution in [2.45, 2.75) is 19.4 Å². The fraction of sp³-hybridized carbons (Fsp3) is 0.357. The van der Waals surface area contributed by atoms with Gasteiger partial charge in [-0.1, -0.05) is 37.3 Å². The Morgan fingerprint density at radius 2 is 2.00 bits per heavy atom. The van der Waals surface area contributed by atoms with Crippen LogP contribution >= 0.6 is 0 Å². The van der Waals surface area contributed by atoms with Crippen LogP contribution in [-0.2, 0) is 4.79 Å². The van der Waals surface area contributed by atoms with Crippen molar-refractivity contribution in [3.63, 3.8) is 0 Å². The molecule has 3 nitrogen and oxygen atoms in total. The van der Waals surface area contributed by atoms with E-state index in [1.165, 1.54) is 0 Å². The van der Waals surface area contributed by atoms with Crippen molar-refractivity contribution in [3.8, 4) is 0 Å². The van der Waals surface area contributed by atoms with Gasteiger partial charge in [-0.2, -0.15) is 0 Å². The standard InChI is InChI=1S/C14H18N2O/c1-9-12(6-3-7-13(9)16)14(17)10-4-2-5-11(15)8-10/h2-7,9,11-12H,8,15-16H2,1H3. The number of hydrogen-bond acceptors (Lipinski definition) is 3. The summed E-state index contributed by atoms with van der Waals surface area (Å²) in [5.41, 5.74) is 13.3. The molecule has 0 aliphatic heterocycles. The second kappa shape index (κ2) is 4.72. The number of hydrogen-bond donors (Lipinski definition) is 2. The molecule has 0 aromatic heterocycles. The van der Waals surface area contributed by atoms with E-state index in [2.05, 4.69) is 0 Å². The van der Waals surface area contributed by atoms with Crippen molar-refractivity contribution < 1.29 is 4.79 Å². The lowest BCUT2D eigenvalue weighted by atomic mass is 9.80. The number of Topliss-reactive ketones (excluding diaryl/α,β-unsaturated/α-hetero) is 1. The summed E-state index contributed by atoms with van der Waals surface area (Å²) in [5, 5.41) is 0. The highest BCUT2D eigenvalue weighted by Crippen LogP contribution is 2.28. The van der Waals surface area contributed by atoms with Crippen LogP contribution in [0.4, 0.5) is 0 Å².